The van der Waals surface area contributed by atoms with Gasteiger partial charge in [-0.2, -0.15) is 10.4 Å². The van der Waals surface area contributed by atoms with Crippen molar-refractivity contribution < 1.29 is 9.53 Å². The van der Waals surface area contributed by atoms with Crippen molar-refractivity contribution >= 4 is 45.5 Å². The molecule has 3 rings (SSSR count). The number of hydrogen-bond acceptors (Lipinski definition) is 6. The predicted molar refractivity (Wildman–Crippen MR) is 141 cm³/mol. The van der Waals surface area contributed by atoms with Crippen LogP contribution >= 0.6 is 22.6 Å². The summed E-state index contributed by atoms with van der Waals surface area (Å²) in [6, 6.07) is 7.58. The highest BCUT2D eigenvalue weighted by molar-refractivity contribution is 14.1. The number of nitrogens with zero attached hydrogens (tertiary/aromatic N) is 5. The zero-order valence-electron chi connectivity index (χ0n) is 20.4. The van der Waals surface area contributed by atoms with Crippen LogP contribution in [-0.2, 0) is 17.8 Å². The quantitative estimate of drug-likeness (QED) is 0.264. The van der Waals surface area contributed by atoms with Crippen molar-refractivity contribution in [2.75, 3.05) is 32.1 Å². The second kappa shape index (κ2) is 11.3. The number of benzene rings is 1. The van der Waals surface area contributed by atoms with Gasteiger partial charge in [-0.25, -0.2) is 4.98 Å². The standard InChI is InChI=1S/C24H32IN7O2/c1-6-32-20(10-16(2)30-32)22(33)29-23-28-19-12-17(13-26)11-18(25)21(19)31(23)15-24(3,4)14-27-8-7-9-34-5/h10-12,27H,6-9,14-15H2,1-5H3,(H,28,29,33). The number of aryl methyl sites for hydroxylation is 2. The Morgan fingerprint density at radius 1 is 1.32 bits per heavy atom. The Morgan fingerprint density at radius 3 is 2.76 bits per heavy atom. The molecule has 0 spiro atoms. The lowest BCUT2D eigenvalue weighted by Gasteiger charge is -2.27. The van der Waals surface area contributed by atoms with Crippen LogP contribution in [0.3, 0.4) is 0 Å². The average molecular weight is 577 g/mol. The van der Waals surface area contributed by atoms with Crippen molar-refractivity contribution in [1.82, 2.24) is 24.6 Å². The largest absolute Gasteiger partial charge is 0.385 e. The summed E-state index contributed by atoms with van der Waals surface area (Å²) in [5, 5.41) is 20.3. The Morgan fingerprint density at radius 2 is 2.09 bits per heavy atom. The molecule has 0 saturated carbocycles. The van der Waals surface area contributed by atoms with E-state index in [4.69, 9.17) is 9.72 Å². The Kier molecular flexibility index (Phi) is 8.67. The number of rotatable bonds is 11. The van der Waals surface area contributed by atoms with Crippen molar-refractivity contribution in [3.05, 3.63) is 38.7 Å². The molecule has 0 bridgehead atoms. The third kappa shape index (κ3) is 6.14. The first-order valence-electron chi connectivity index (χ1n) is 11.3. The van der Waals surface area contributed by atoms with Crippen LogP contribution in [0.5, 0.6) is 0 Å². The second-order valence-electron chi connectivity index (χ2n) is 9.09. The number of anilines is 1. The van der Waals surface area contributed by atoms with Gasteiger partial charge in [0, 0.05) is 36.9 Å². The molecule has 0 radical (unpaired) electrons. The van der Waals surface area contributed by atoms with E-state index in [1.54, 1.807) is 23.9 Å². The number of amides is 1. The zero-order chi connectivity index (χ0) is 24.9. The summed E-state index contributed by atoms with van der Waals surface area (Å²) in [4.78, 5) is 17.9. The maximum Gasteiger partial charge on any atom is 0.276 e. The molecule has 0 atom stereocenters. The van der Waals surface area contributed by atoms with E-state index >= 15 is 0 Å². The molecule has 1 aromatic carbocycles. The number of nitriles is 1. The number of imidazole rings is 1. The Hall–Kier alpha value is -2.49. The molecule has 2 heterocycles. The van der Waals surface area contributed by atoms with Crippen LogP contribution in [0.25, 0.3) is 11.0 Å². The van der Waals surface area contributed by atoms with Gasteiger partial charge in [0.25, 0.3) is 5.91 Å². The third-order valence-electron chi connectivity index (χ3n) is 5.48. The molecule has 0 saturated heterocycles. The number of hydrogen-bond donors (Lipinski definition) is 2. The first-order valence-corrected chi connectivity index (χ1v) is 12.4. The fourth-order valence-corrected chi connectivity index (χ4v) is 4.82. The molecular weight excluding hydrogens is 545 g/mol. The number of halogens is 1. The van der Waals surface area contributed by atoms with Gasteiger partial charge in [0.05, 0.1) is 28.4 Å². The van der Waals surface area contributed by atoms with Gasteiger partial charge in [-0.3, -0.25) is 14.8 Å². The normalized spacial score (nSPS) is 11.7. The van der Waals surface area contributed by atoms with Crippen molar-refractivity contribution in [2.24, 2.45) is 5.41 Å². The second-order valence-corrected chi connectivity index (χ2v) is 10.2. The van der Waals surface area contributed by atoms with Crippen LogP contribution in [0.1, 0.15) is 48.9 Å². The summed E-state index contributed by atoms with van der Waals surface area (Å²) in [5.41, 5.74) is 3.28. The predicted octanol–water partition coefficient (Wildman–Crippen LogP) is 3.94. The van der Waals surface area contributed by atoms with Gasteiger partial charge in [-0.15, -0.1) is 0 Å². The smallest absolute Gasteiger partial charge is 0.276 e. The lowest BCUT2D eigenvalue weighted by Crippen LogP contribution is -2.34. The molecule has 0 aliphatic carbocycles. The number of aromatic nitrogens is 4. The number of ether oxygens (including phenoxy) is 1. The maximum atomic E-state index is 13.2. The topological polar surface area (TPSA) is 110 Å². The van der Waals surface area contributed by atoms with Crippen LogP contribution in [0.15, 0.2) is 18.2 Å². The molecule has 2 aromatic heterocycles. The summed E-state index contributed by atoms with van der Waals surface area (Å²) >= 11 is 2.23. The van der Waals surface area contributed by atoms with Crippen molar-refractivity contribution in [3.63, 3.8) is 0 Å². The summed E-state index contributed by atoms with van der Waals surface area (Å²) < 4.78 is 9.77. The van der Waals surface area contributed by atoms with Gasteiger partial charge in [-0.05, 0) is 73.0 Å². The van der Waals surface area contributed by atoms with E-state index in [1.807, 2.05) is 24.5 Å². The fourth-order valence-electron chi connectivity index (χ4n) is 3.92. The van der Waals surface area contributed by atoms with Crippen LogP contribution in [0.2, 0.25) is 0 Å². The maximum absolute atomic E-state index is 13.2. The van der Waals surface area contributed by atoms with E-state index in [1.165, 1.54) is 0 Å². The van der Waals surface area contributed by atoms with Crippen molar-refractivity contribution in [1.29, 1.82) is 5.26 Å². The molecule has 0 aliphatic rings. The van der Waals surface area contributed by atoms with E-state index in [2.05, 4.69) is 58.2 Å². The molecule has 1 amide bonds. The number of methoxy groups -OCH3 is 1. The van der Waals surface area contributed by atoms with Gasteiger partial charge < -0.3 is 14.6 Å². The lowest BCUT2D eigenvalue weighted by molar-refractivity contribution is 0.101. The number of carbonyl (C=O) groups is 1. The van der Waals surface area contributed by atoms with Gasteiger partial charge in [0.15, 0.2) is 0 Å². The van der Waals surface area contributed by atoms with E-state index in [-0.39, 0.29) is 11.3 Å². The zero-order valence-corrected chi connectivity index (χ0v) is 22.6. The number of nitrogens with one attached hydrogen (secondary N) is 2. The van der Waals surface area contributed by atoms with Gasteiger partial charge in [-0.1, -0.05) is 13.8 Å². The Balaban J connectivity index is 1.95. The average Bonchev–Trinajstić information content (AvgIpc) is 3.33. The molecule has 0 unspecified atom stereocenters. The van der Waals surface area contributed by atoms with Crippen LogP contribution < -0.4 is 10.6 Å². The molecule has 2 N–H and O–H groups in total. The van der Waals surface area contributed by atoms with E-state index < -0.39 is 0 Å². The van der Waals surface area contributed by atoms with E-state index in [0.717, 1.165) is 40.9 Å². The molecule has 34 heavy (non-hydrogen) atoms. The highest BCUT2D eigenvalue weighted by Gasteiger charge is 2.25. The number of carbonyl (C=O) groups excluding carboxylic acids is 1. The van der Waals surface area contributed by atoms with Crippen LogP contribution in [0, 0.1) is 27.2 Å². The first-order chi connectivity index (χ1) is 16.2. The minimum absolute atomic E-state index is 0.126. The minimum Gasteiger partial charge on any atom is -0.385 e. The molecule has 10 heteroatoms. The molecular formula is C24H32IN7O2. The Labute approximate surface area is 214 Å². The monoisotopic (exact) mass is 577 g/mol. The molecule has 0 aliphatic heterocycles. The molecule has 9 nitrogen and oxygen atoms in total. The highest BCUT2D eigenvalue weighted by atomic mass is 127. The summed E-state index contributed by atoms with van der Waals surface area (Å²) in [5.74, 6) is 0.201. The molecule has 3 aromatic rings. The van der Waals surface area contributed by atoms with Crippen LogP contribution in [0.4, 0.5) is 5.95 Å². The van der Waals surface area contributed by atoms with E-state index in [0.29, 0.717) is 35.8 Å². The fraction of sp³-hybridized carbons (Fsp3) is 0.500. The molecule has 0 fully saturated rings. The van der Waals surface area contributed by atoms with Gasteiger partial charge >= 0.3 is 0 Å². The van der Waals surface area contributed by atoms with Crippen LogP contribution in [-0.4, -0.2) is 52.0 Å². The highest BCUT2D eigenvalue weighted by Crippen LogP contribution is 2.30. The van der Waals surface area contributed by atoms with Gasteiger partial charge in [0.1, 0.15) is 5.69 Å². The summed E-state index contributed by atoms with van der Waals surface area (Å²) in [6.07, 6.45) is 0.946. The Bertz CT molecular complexity index is 1210. The lowest BCUT2D eigenvalue weighted by atomic mass is 9.93. The van der Waals surface area contributed by atoms with Crippen molar-refractivity contribution in [2.45, 2.75) is 47.2 Å². The summed E-state index contributed by atoms with van der Waals surface area (Å²) in [6.45, 7) is 11.8. The summed E-state index contributed by atoms with van der Waals surface area (Å²) in [7, 11) is 1.71. The molecule has 182 valence electrons. The van der Waals surface area contributed by atoms with Crippen molar-refractivity contribution in [3.8, 4) is 6.07 Å². The minimum atomic E-state index is -0.259. The third-order valence-corrected chi connectivity index (χ3v) is 6.30. The first kappa shape index (κ1) is 26.1. The van der Waals surface area contributed by atoms with E-state index in [9.17, 15) is 10.1 Å². The number of fused-ring (bicyclic) bond motifs is 1. The van der Waals surface area contributed by atoms with Gasteiger partial charge in [0.2, 0.25) is 5.95 Å². The SMILES string of the molecule is CCn1nc(C)cc1C(=O)Nc1nc2cc(C#N)cc(I)c2n1CC(C)(C)CNCCCOC.